The summed E-state index contributed by atoms with van der Waals surface area (Å²) in [6, 6.07) is 24.7. The second kappa shape index (κ2) is 10.1. The van der Waals surface area contributed by atoms with Crippen molar-refractivity contribution in [2.75, 3.05) is 13.1 Å². The highest BCUT2D eigenvalue weighted by molar-refractivity contribution is 5.79. The van der Waals surface area contributed by atoms with E-state index in [0.29, 0.717) is 6.54 Å². The summed E-state index contributed by atoms with van der Waals surface area (Å²) in [5.41, 5.74) is 2.51. The number of nitrogens with one attached hydrogen (secondary N) is 2. The number of hydrogen-bond acceptors (Lipinski definition) is 2. The molecule has 0 aliphatic heterocycles. The van der Waals surface area contributed by atoms with Crippen molar-refractivity contribution in [3.63, 3.8) is 0 Å². The molecule has 0 saturated carbocycles. The number of nitrogens with zero attached hydrogens (tertiary/aromatic N) is 1. The molecule has 0 spiro atoms. The largest absolute Gasteiger partial charge is 0.469 e. The molecule has 4 heteroatoms. The van der Waals surface area contributed by atoms with Crippen molar-refractivity contribution in [1.29, 1.82) is 0 Å². The standard InChI is InChI=1S/C22H25N3O/c1-3-8-19(9-4-1)13-15-23-22(24-16-14-21-12-7-17-26-21)25-18-20-10-5-2-6-11-20/h1-12,17H,13-16,18H2,(H2,23,24,25). The van der Waals surface area contributed by atoms with Gasteiger partial charge in [-0.1, -0.05) is 60.7 Å². The number of benzene rings is 2. The predicted octanol–water partition coefficient (Wildman–Crippen LogP) is 3.80. The predicted molar refractivity (Wildman–Crippen MR) is 106 cm³/mol. The molecular weight excluding hydrogens is 322 g/mol. The summed E-state index contributed by atoms with van der Waals surface area (Å²) >= 11 is 0. The molecule has 4 nitrogen and oxygen atoms in total. The van der Waals surface area contributed by atoms with E-state index in [1.165, 1.54) is 11.1 Å². The van der Waals surface area contributed by atoms with Crippen molar-refractivity contribution in [2.24, 2.45) is 4.99 Å². The topological polar surface area (TPSA) is 49.6 Å². The molecule has 2 N–H and O–H groups in total. The summed E-state index contributed by atoms with van der Waals surface area (Å²) in [5.74, 6) is 1.81. The van der Waals surface area contributed by atoms with Gasteiger partial charge in [0.1, 0.15) is 5.76 Å². The van der Waals surface area contributed by atoms with Crippen LogP contribution < -0.4 is 10.6 Å². The zero-order valence-corrected chi connectivity index (χ0v) is 14.9. The van der Waals surface area contributed by atoms with E-state index in [1.54, 1.807) is 6.26 Å². The minimum absolute atomic E-state index is 0.655. The highest BCUT2D eigenvalue weighted by Gasteiger charge is 2.01. The number of hydrogen-bond donors (Lipinski definition) is 2. The molecule has 0 aliphatic carbocycles. The van der Waals surface area contributed by atoms with Gasteiger partial charge < -0.3 is 15.1 Å². The summed E-state index contributed by atoms with van der Waals surface area (Å²) in [6.07, 6.45) is 3.50. The highest BCUT2D eigenvalue weighted by atomic mass is 16.3. The van der Waals surface area contributed by atoms with Gasteiger partial charge in [-0.2, -0.15) is 0 Å². The fourth-order valence-corrected chi connectivity index (χ4v) is 2.66. The molecule has 0 amide bonds. The smallest absolute Gasteiger partial charge is 0.191 e. The van der Waals surface area contributed by atoms with E-state index in [1.807, 2.05) is 36.4 Å². The lowest BCUT2D eigenvalue weighted by Crippen LogP contribution is -2.39. The van der Waals surface area contributed by atoms with E-state index >= 15 is 0 Å². The zero-order chi connectivity index (χ0) is 17.9. The Bertz CT molecular complexity index is 768. The van der Waals surface area contributed by atoms with Gasteiger partial charge in [0, 0.05) is 19.5 Å². The van der Waals surface area contributed by atoms with Gasteiger partial charge in [-0.05, 0) is 29.7 Å². The maximum Gasteiger partial charge on any atom is 0.191 e. The van der Waals surface area contributed by atoms with Crippen LogP contribution in [0, 0.1) is 0 Å². The first-order chi connectivity index (χ1) is 12.9. The maximum absolute atomic E-state index is 5.38. The molecule has 3 rings (SSSR count). The van der Waals surface area contributed by atoms with Crippen molar-refractivity contribution in [2.45, 2.75) is 19.4 Å². The van der Waals surface area contributed by atoms with Crippen LogP contribution in [0.4, 0.5) is 0 Å². The van der Waals surface area contributed by atoms with Gasteiger partial charge in [-0.15, -0.1) is 0 Å². The molecule has 3 aromatic rings. The fourth-order valence-electron chi connectivity index (χ4n) is 2.66. The van der Waals surface area contributed by atoms with E-state index in [0.717, 1.165) is 37.7 Å². The quantitative estimate of drug-likeness (QED) is 0.481. The zero-order valence-electron chi connectivity index (χ0n) is 14.9. The lowest BCUT2D eigenvalue weighted by atomic mass is 10.1. The Morgan fingerprint density at radius 1 is 0.731 bits per heavy atom. The molecular formula is C22H25N3O. The van der Waals surface area contributed by atoms with Crippen molar-refractivity contribution in [3.8, 4) is 0 Å². The number of guanidine groups is 1. The van der Waals surface area contributed by atoms with Gasteiger partial charge in [0.15, 0.2) is 5.96 Å². The minimum Gasteiger partial charge on any atom is -0.469 e. The van der Waals surface area contributed by atoms with Crippen LogP contribution in [0.1, 0.15) is 16.9 Å². The minimum atomic E-state index is 0.655. The Hall–Kier alpha value is -3.01. The van der Waals surface area contributed by atoms with Gasteiger partial charge >= 0.3 is 0 Å². The molecule has 1 heterocycles. The Morgan fingerprint density at radius 2 is 1.38 bits per heavy atom. The van der Waals surface area contributed by atoms with Crippen molar-refractivity contribution in [3.05, 3.63) is 95.9 Å². The van der Waals surface area contributed by atoms with Crippen molar-refractivity contribution in [1.82, 2.24) is 10.6 Å². The van der Waals surface area contributed by atoms with Gasteiger partial charge in [-0.3, -0.25) is 0 Å². The van der Waals surface area contributed by atoms with E-state index in [4.69, 9.17) is 9.41 Å². The molecule has 0 unspecified atom stereocenters. The highest BCUT2D eigenvalue weighted by Crippen LogP contribution is 2.02. The normalized spacial score (nSPS) is 11.3. The van der Waals surface area contributed by atoms with Crippen LogP contribution in [0.2, 0.25) is 0 Å². The molecule has 0 atom stereocenters. The van der Waals surface area contributed by atoms with Crippen molar-refractivity contribution < 1.29 is 4.42 Å². The van der Waals surface area contributed by atoms with Crippen LogP contribution in [0.15, 0.2) is 88.5 Å². The van der Waals surface area contributed by atoms with E-state index in [-0.39, 0.29) is 0 Å². The number of rotatable bonds is 8. The first-order valence-corrected chi connectivity index (χ1v) is 9.02. The Kier molecular flexibility index (Phi) is 6.91. The van der Waals surface area contributed by atoms with Crippen LogP contribution in [-0.2, 0) is 19.4 Å². The molecule has 134 valence electrons. The lowest BCUT2D eigenvalue weighted by Gasteiger charge is -2.12. The van der Waals surface area contributed by atoms with Gasteiger partial charge in [-0.25, -0.2) is 4.99 Å². The number of aliphatic imine (C=N–C) groups is 1. The third-order valence-electron chi connectivity index (χ3n) is 4.06. The third kappa shape index (κ3) is 6.13. The summed E-state index contributed by atoms with van der Waals surface area (Å²) < 4.78 is 5.38. The first-order valence-electron chi connectivity index (χ1n) is 9.02. The molecule has 1 aromatic heterocycles. The SMILES string of the molecule is c1ccc(CCNC(=NCc2ccccc2)NCCc2ccco2)cc1. The van der Waals surface area contributed by atoms with Crippen molar-refractivity contribution >= 4 is 5.96 Å². The van der Waals surface area contributed by atoms with Crippen LogP contribution in [0.5, 0.6) is 0 Å². The Labute approximate surface area is 155 Å². The molecule has 26 heavy (non-hydrogen) atoms. The summed E-state index contributed by atoms with van der Waals surface area (Å²) in [5, 5.41) is 6.82. The Balaban J connectivity index is 1.52. The molecule has 0 fully saturated rings. The Morgan fingerprint density at radius 3 is 2.04 bits per heavy atom. The summed E-state index contributed by atoms with van der Waals surface area (Å²) in [7, 11) is 0. The van der Waals surface area contributed by atoms with Crippen LogP contribution in [0.3, 0.4) is 0 Å². The summed E-state index contributed by atoms with van der Waals surface area (Å²) in [4.78, 5) is 4.71. The van der Waals surface area contributed by atoms with Crippen LogP contribution in [0.25, 0.3) is 0 Å². The van der Waals surface area contributed by atoms with Gasteiger partial charge in [0.2, 0.25) is 0 Å². The first kappa shape index (κ1) is 17.8. The maximum atomic E-state index is 5.38. The van der Waals surface area contributed by atoms with Gasteiger partial charge in [0.05, 0.1) is 12.8 Å². The number of furan rings is 1. The second-order valence-corrected chi connectivity index (χ2v) is 6.07. The molecule has 0 bridgehead atoms. The molecule has 2 aromatic carbocycles. The average molecular weight is 347 g/mol. The lowest BCUT2D eigenvalue weighted by molar-refractivity contribution is 0.506. The monoisotopic (exact) mass is 347 g/mol. The van der Waals surface area contributed by atoms with E-state index in [9.17, 15) is 0 Å². The second-order valence-electron chi connectivity index (χ2n) is 6.07. The molecule has 0 radical (unpaired) electrons. The fraction of sp³-hybridized carbons (Fsp3) is 0.227. The third-order valence-corrected chi connectivity index (χ3v) is 4.06. The van der Waals surface area contributed by atoms with E-state index in [2.05, 4.69) is 47.0 Å². The molecule has 0 aliphatic rings. The van der Waals surface area contributed by atoms with Crippen LogP contribution in [-0.4, -0.2) is 19.0 Å². The molecule has 0 saturated heterocycles. The van der Waals surface area contributed by atoms with E-state index < -0.39 is 0 Å². The summed E-state index contributed by atoms with van der Waals surface area (Å²) in [6.45, 7) is 2.27. The van der Waals surface area contributed by atoms with Crippen LogP contribution >= 0.6 is 0 Å². The average Bonchev–Trinajstić information content (AvgIpc) is 3.21. The van der Waals surface area contributed by atoms with Gasteiger partial charge in [0.25, 0.3) is 0 Å².